The molecule has 1 atom stereocenters. The second-order valence-electron chi connectivity index (χ2n) is 5.27. The molecule has 1 fully saturated rings. The van der Waals surface area contributed by atoms with Crippen molar-refractivity contribution >= 4 is 35.6 Å². The Kier molecular flexibility index (Phi) is 6.30. The Balaban J connectivity index is 0.00000208. The Morgan fingerprint density at radius 1 is 1.38 bits per heavy atom. The Morgan fingerprint density at radius 2 is 2.12 bits per heavy atom. The lowest BCUT2D eigenvalue weighted by Gasteiger charge is -2.34. The van der Waals surface area contributed by atoms with E-state index in [-0.39, 0.29) is 24.2 Å². The molecule has 128 valence electrons. The van der Waals surface area contributed by atoms with Gasteiger partial charge < -0.3 is 16.0 Å². The summed E-state index contributed by atoms with van der Waals surface area (Å²) in [7, 11) is 0. The third kappa shape index (κ3) is 3.75. The summed E-state index contributed by atoms with van der Waals surface area (Å²) in [6.45, 7) is 1.42. The van der Waals surface area contributed by atoms with Crippen LogP contribution < -0.4 is 11.1 Å². The number of carbonyl (C=O) groups is 2. The van der Waals surface area contributed by atoms with Crippen LogP contribution in [0.1, 0.15) is 27.1 Å². The summed E-state index contributed by atoms with van der Waals surface area (Å²) >= 11 is 1.43. The Hall–Kier alpha value is -1.96. The summed E-state index contributed by atoms with van der Waals surface area (Å²) in [5, 5.41) is 5.40. The van der Waals surface area contributed by atoms with Crippen molar-refractivity contribution in [1.82, 2.24) is 15.2 Å². The van der Waals surface area contributed by atoms with Gasteiger partial charge in [-0.05, 0) is 12.1 Å². The van der Waals surface area contributed by atoms with Crippen molar-refractivity contribution in [3.05, 3.63) is 52.0 Å². The molecule has 0 bridgehead atoms. The summed E-state index contributed by atoms with van der Waals surface area (Å²) in [6.07, 6.45) is 0.653. The van der Waals surface area contributed by atoms with E-state index in [1.165, 1.54) is 11.3 Å². The quantitative estimate of drug-likeness (QED) is 0.855. The van der Waals surface area contributed by atoms with Crippen LogP contribution in [0.5, 0.6) is 0 Å². The number of hydrogen-bond donors (Lipinski definition) is 2. The SMILES string of the molecule is Cl.NCCc1nc(C(=O)N2CCNC(=O)C2c2ccccc2)cs1. The average Bonchev–Trinajstić information content (AvgIpc) is 3.04. The number of aromatic nitrogens is 1. The van der Waals surface area contributed by atoms with Crippen molar-refractivity contribution in [2.75, 3.05) is 19.6 Å². The fourth-order valence-corrected chi connectivity index (χ4v) is 3.43. The largest absolute Gasteiger partial charge is 0.352 e. The van der Waals surface area contributed by atoms with Crippen LogP contribution in [0.2, 0.25) is 0 Å². The number of hydrogen-bond acceptors (Lipinski definition) is 5. The third-order valence-corrected chi connectivity index (χ3v) is 4.63. The molecule has 0 spiro atoms. The zero-order valence-electron chi connectivity index (χ0n) is 13.0. The van der Waals surface area contributed by atoms with Crippen molar-refractivity contribution in [2.45, 2.75) is 12.5 Å². The number of amides is 2. The fourth-order valence-electron chi connectivity index (χ4n) is 2.65. The van der Waals surface area contributed by atoms with Crippen LogP contribution in [-0.2, 0) is 11.2 Å². The van der Waals surface area contributed by atoms with Crippen LogP contribution in [0.4, 0.5) is 0 Å². The summed E-state index contributed by atoms with van der Waals surface area (Å²) in [4.78, 5) is 31.1. The third-order valence-electron chi connectivity index (χ3n) is 3.72. The van der Waals surface area contributed by atoms with E-state index in [2.05, 4.69) is 10.3 Å². The van der Waals surface area contributed by atoms with E-state index in [4.69, 9.17) is 5.73 Å². The minimum absolute atomic E-state index is 0. The minimum atomic E-state index is -0.614. The zero-order chi connectivity index (χ0) is 16.2. The highest BCUT2D eigenvalue weighted by atomic mass is 35.5. The van der Waals surface area contributed by atoms with Gasteiger partial charge in [-0.15, -0.1) is 23.7 Å². The second-order valence-corrected chi connectivity index (χ2v) is 6.21. The molecule has 3 N–H and O–H groups in total. The summed E-state index contributed by atoms with van der Waals surface area (Å²) in [6, 6.07) is 8.71. The maximum absolute atomic E-state index is 12.8. The summed E-state index contributed by atoms with van der Waals surface area (Å²) in [5.41, 5.74) is 6.71. The van der Waals surface area contributed by atoms with Crippen molar-refractivity contribution in [3.8, 4) is 0 Å². The molecule has 6 nitrogen and oxygen atoms in total. The molecule has 2 heterocycles. The summed E-state index contributed by atoms with van der Waals surface area (Å²) < 4.78 is 0. The van der Waals surface area contributed by atoms with E-state index in [9.17, 15) is 9.59 Å². The highest BCUT2D eigenvalue weighted by Crippen LogP contribution is 2.25. The Labute approximate surface area is 150 Å². The molecular weight excluding hydrogens is 348 g/mol. The number of nitrogens with two attached hydrogens (primary N) is 1. The molecule has 0 saturated carbocycles. The molecule has 1 saturated heterocycles. The number of rotatable bonds is 4. The number of carbonyl (C=O) groups excluding carboxylic acids is 2. The van der Waals surface area contributed by atoms with E-state index in [1.54, 1.807) is 10.3 Å². The van der Waals surface area contributed by atoms with Gasteiger partial charge in [0.05, 0.1) is 5.01 Å². The highest BCUT2D eigenvalue weighted by molar-refractivity contribution is 7.09. The minimum Gasteiger partial charge on any atom is -0.352 e. The molecule has 2 amide bonds. The van der Waals surface area contributed by atoms with E-state index in [1.807, 2.05) is 30.3 Å². The lowest BCUT2D eigenvalue weighted by atomic mass is 10.0. The molecule has 1 unspecified atom stereocenters. The highest BCUT2D eigenvalue weighted by Gasteiger charge is 2.35. The first kappa shape index (κ1) is 18.4. The molecule has 1 aromatic carbocycles. The smallest absolute Gasteiger partial charge is 0.274 e. The number of nitrogens with one attached hydrogen (secondary N) is 1. The van der Waals surface area contributed by atoms with Crippen LogP contribution in [0.25, 0.3) is 0 Å². The maximum Gasteiger partial charge on any atom is 0.274 e. The first-order valence-electron chi connectivity index (χ1n) is 7.49. The van der Waals surface area contributed by atoms with Crippen LogP contribution >= 0.6 is 23.7 Å². The fraction of sp³-hybridized carbons (Fsp3) is 0.312. The van der Waals surface area contributed by atoms with Gasteiger partial charge in [0.2, 0.25) is 5.91 Å². The second kappa shape index (κ2) is 8.23. The van der Waals surface area contributed by atoms with Crippen molar-refractivity contribution < 1.29 is 9.59 Å². The lowest BCUT2D eigenvalue weighted by Crippen LogP contribution is -2.52. The van der Waals surface area contributed by atoms with Crippen molar-refractivity contribution in [2.24, 2.45) is 5.73 Å². The van der Waals surface area contributed by atoms with Crippen LogP contribution in [0.15, 0.2) is 35.7 Å². The van der Waals surface area contributed by atoms with Crippen LogP contribution in [0, 0.1) is 0 Å². The van der Waals surface area contributed by atoms with E-state index in [0.29, 0.717) is 31.7 Å². The standard InChI is InChI=1S/C16H18N4O2S.ClH/c17-7-6-13-19-12(10-23-13)16(22)20-9-8-18-15(21)14(20)11-4-2-1-3-5-11;/h1-5,10,14H,6-9,17H2,(H,18,21);1H. The first-order valence-corrected chi connectivity index (χ1v) is 8.37. The normalized spacial score (nSPS) is 17.1. The number of nitrogens with zero attached hydrogens (tertiary/aromatic N) is 2. The molecule has 1 aliphatic rings. The molecular formula is C16H19ClN4O2S. The van der Waals surface area contributed by atoms with Crippen molar-refractivity contribution in [3.63, 3.8) is 0 Å². The van der Waals surface area contributed by atoms with Crippen molar-refractivity contribution in [1.29, 1.82) is 0 Å². The lowest BCUT2D eigenvalue weighted by molar-refractivity contribution is -0.128. The van der Waals surface area contributed by atoms with Crippen LogP contribution in [0.3, 0.4) is 0 Å². The monoisotopic (exact) mass is 366 g/mol. The molecule has 1 aromatic heterocycles. The molecule has 8 heteroatoms. The van der Waals surface area contributed by atoms with E-state index >= 15 is 0 Å². The van der Waals surface area contributed by atoms with Gasteiger partial charge >= 0.3 is 0 Å². The Bertz CT molecular complexity index is 707. The molecule has 3 rings (SSSR count). The van der Waals surface area contributed by atoms with Gasteiger partial charge in [0.15, 0.2) is 0 Å². The van der Waals surface area contributed by atoms with Gasteiger partial charge in [0, 0.05) is 24.9 Å². The number of benzene rings is 1. The van der Waals surface area contributed by atoms with Gasteiger partial charge in [-0.3, -0.25) is 9.59 Å². The van der Waals surface area contributed by atoms with Gasteiger partial charge in [0.25, 0.3) is 5.91 Å². The number of halogens is 1. The average molecular weight is 367 g/mol. The molecule has 0 radical (unpaired) electrons. The zero-order valence-corrected chi connectivity index (χ0v) is 14.6. The van der Waals surface area contributed by atoms with E-state index in [0.717, 1.165) is 10.6 Å². The van der Waals surface area contributed by atoms with Gasteiger partial charge in [-0.1, -0.05) is 30.3 Å². The molecule has 24 heavy (non-hydrogen) atoms. The molecule has 0 aliphatic carbocycles. The van der Waals surface area contributed by atoms with Gasteiger partial charge in [0.1, 0.15) is 11.7 Å². The van der Waals surface area contributed by atoms with Gasteiger partial charge in [-0.2, -0.15) is 0 Å². The predicted molar refractivity (Wildman–Crippen MR) is 95.3 cm³/mol. The number of thiazole rings is 1. The number of piperazine rings is 1. The topological polar surface area (TPSA) is 88.3 Å². The van der Waals surface area contributed by atoms with Gasteiger partial charge in [-0.25, -0.2) is 4.98 Å². The van der Waals surface area contributed by atoms with E-state index < -0.39 is 6.04 Å². The Morgan fingerprint density at radius 3 is 2.83 bits per heavy atom. The molecule has 1 aliphatic heterocycles. The first-order chi connectivity index (χ1) is 11.2. The molecule has 2 aromatic rings. The predicted octanol–water partition coefficient (Wildman–Crippen LogP) is 1.38. The summed E-state index contributed by atoms with van der Waals surface area (Å²) in [5.74, 6) is -0.374. The maximum atomic E-state index is 12.8. The van der Waals surface area contributed by atoms with Crippen LogP contribution in [-0.4, -0.2) is 41.3 Å².